The van der Waals surface area contributed by atoms with Crippen LogP contribution in [0.3, 0.4) is 0 Å². The maximum atomic E-state index is 12.7. The fourth-order valence-electron chi connectivity index (χ4n) is 2.99. The summed E-state index contributed by atoms with van der Waals surface area (Å²) < 4.78 is 11.1. The highest BCUT2D eigenvalue weighted by Gasteiger charge is 2.53. The van der Waals surface area contributed by atoms with Gasteiger partial charge in [-0.15, -0.1) is 0 Å². The van der Waals surface area contributed by atoms with Crippen LogP contribution >= 0.6 is 11.6 Å². The van der Waals surface area contributed by atoms with Gasteiger partial charge in [0.2, 0.25) is 5.91 Å². The first-order valence-electron chi connectivity index (χ1n) is 8.87. The minimum absolute atomic E-state index is 0.0323. The molecule has 4 rings (SSSR count). The fraction of sp³-hybridized carbons (Fsp3) is 0.238. The van der Waals surface area contributed by atoms with Crippen molar-refractivity contribution >= 4 is 17.5 Å². The van der Waals surface area contributed by atoms with E-state index in [2.05, 4.69) is 10.5 Å². The van der Waals surface area contributed by atoms with Gasteiger partial charge in [-0.25, -0.2) is 0 Å². The van der Waals surface area contributed by atoms with Crippen molar-refractivity contribution in [3.05, 3.63) is 71.4 Å². The average molecular weight is 383 g/mol. The predicted molar refractivity (Wildman–Crippen MR) is 103 cm³/mol. The Hall–Kier alpha value is -2.79. The number of aromatic nitrogens is 1. The van der Waals surface area contributed by atoms with Crippen molar-refractivity contribution in [3.8, 4) is 17.1 Å². The van der Waals surface area contributed by atoms with Crippen molar-refractivity contribution in [2.24, 2.45) is 0 Å². The van der Waals surface area contributed by atoms with Crippen LogP contribution in [0.1, 0.15) is 18.5 Å². The minimum atomic E-state index is -0.582. The van der Waals surface area contributed by atoms with Gasteiger partial charge in [0.25, 0.3) is 0 Å². The second kappa shape index (κ2) is 7.45. The fourth-order valence-corrected chi connectivity index (χ4v) is 3.12. The van der Waals surface area contributed by atoms with Crippen molar-refractivity contribution in [3.63, 3.8) is 0 Å². The van der Waals surface area contributed by atoms with E-state index in [1.54, 1.807) is 12.1 Å². The molecule has 0 saturated heterocycles. The lowest BCUT2D eigenvalue weighted by Gasteiger charge is -2.13. The summed E-state index contributed by atoms with van der Waals surface area (Å²) in [6.45, 7) is 0.859. The van der Waals surface area contributed by atoms with Gasteiger partial charge in [-0.2, -0.15) is 0 Å². The molecule has 0 bridgehead atoms. The first-order chi connectivity index (χ1) is 13.2. The molecule has 5 nitrogen and oxygen atoms in total. The third-order valence-electron chi connectivity index (χ3n) is 4.71. The zero-order valence-electron chi connectivity index (χ0n) is 14.7. The summed E-state index contributed by atoms with van der Waals surface area (Å²) >= 11 is 5.92. The highest BCUT2D eigenvalue weighted by molar-refractivity contribution is 6.30. The number of para-hydroxylation sites is 1. The van der Waals surface area contributed by atoms with Gasteiger partial charge in [0.15, 0.2) is 5.76 Å². The number of ether oxygens (including phenoxy) is 1. The highest BCUT2D eigenvalue weighted by Crippen LogP contribution is 2.48. The number of carbonyl (C=O) groups excluding carboxylic acids is 1. The predicted octanol–water partition coefficient (Wildman–Crippen LogP) is 4.22. The van der Waals surface area contributed by atoms with E-state index < -0.39 is 5.41 Å². The number of carbonyl (C=O) groups is 1. The Morgan fingerprint density at radius 1 is 1.15 bits per heavy atom. The van der Waals surface area contributed by atoms with Crippen molar-refractivity contribution in [1.82, 2.24) is 10.5 Å². The molecule has 1 N–H and O–H groups in total. The number of hydrogen-bond acceptors (Lipinski definition) is 4. The van der Waals surface area contributed by atoms with Crippen LogP contribution in [0.4, 0.5) is 0 Å². The zero-order valence-corrected chi connectivity index (χ0v) is 15.4. The monoisotopic (exact) mass is 382 g/mol. The van der Waals surface area contributed by atoms with Gasteiger partial charge in [0.05, 0.1) is 17.7 Å². The number of nitrogens with zero attached hydrogens (tertiary/aromatic N) is 1. The molecule has 0 unspecified atom stereocenters. The third-order valence-corrected chi connectivity index (χ3v) is 4.97. The summed E-state index contributed by atoms with van der Waals surface area (Å²) in [5, 5.41) is 7.75. The molecule has 138 valence electrons. The molecular formula is C21H19ClN2O3. The number of hydrogen-bond donors (Lipinski definition) is 1. The van der Waals surface area contributed by atoms with Gasteiger partial charge < -0.3 is 14.6 Å². The van der Waals surface area contributed by atoms with Crippen LogP contribution in [0.2, 0.25) is 5.02 Å². The molecule has 1 amide bonds. The summed E-state index contributed by atoms with van der Waals surface area (Å²) in [7, 11) is 0. The summed E-state index contributed by atoms with van der Waals surface area (Å²) in [6.07, 6.45) is 1.54. The van der Waals surface area contributed by atoms with E-state index in [1.807, 2.05) is 48.5 Å². The number of halogens is 1. The van der Waals surface area contributed by atoms with E-state index in [0.717, 1.165) is 24.2 Å². The molecule has 3 aromatic rings. The SMILES string of the molecule is O=C(NCCOc1ccccc1)C1(c2cc(-c3ccc(Cl)cc3)on2)CC1. The lowest BCUT2D eigenvalue weighted by Crippen LogP contribution is -2.37. The third kappa shape index (κ3) is 3.83. The van der Waals surface area contributed by atoms with Gasteiger partial charge in [0.1, 0.15) is 12.4 Å². The van der Waals surface area contributed by atoms with E-state index in [-0.39, 0.29) is 5.91 Å². The maximum absolute atomic E-state index is 12.7. The van der Waals surface area contributed by atoms with E-state index in [1.165, 1.54) is 0 Å². The molecule has 1 aliphatic carbocycles. The lowest BCUT2D eigenvalue weighted by atomic mass is 10.0. The molecule has 1 aliphatic rings. The summed E-state index contributed by atoms with van der Waals surface area (Å²) in [5.74, 6) is 1.39. The summed E-state index contributed by atoms with van der Waals surface area (Å²) in [4.78, 5) is 12.7. The summed E-state index contributed by atoms with van der Waals surface area (Å²) in [6, 6.07) is 18.7. The van der Waals surface area contributed by atoms with Gasteiger partial charge in [-0.05, 0) is 49.2 Å². The first kappa shape index (κ1) is 17.6. The Labute approximate surface area is 162 Å². The van der Waals surface area contributed by atoms with Crippen molar-refractivity contribution in [2.75, 3.05) is 13.2 Å². The Balaban J connectivity index is 1.36. The van der Waals surface area contributed by atoms with Crippen molar-refractivity contribution < 1.29 is 14.1 Å². The molecule has 0 radical (unpaired) electrons. The van der Waals surface area contributed by atoms with E-state index >= 15 is 0 Å². The van der Waals surface area contributed by atoms with Crippen LogP contribution in [-0.2, 0) is 10.2 Å². The highest BCUT2D eigenvalue weighted by atomic mass is 35.5. The van der Waals surface area contributed by atoms with Crippen LogP contribution in [0.5, 0.6) is 5.75 Å². The molecule has 0 spiro atoms. The number of nitrogens with one attached hydrogen (secondary N) is 1. The van der Waals surface area contributed by atoms with Gasteiger partial charge in [-0.1, -0.05) is 35.0 Å². The maximum Gasteiger partial charge on any atom is 0.232 e. The quantitative estimate of drug-likeness (QED) is 0.621. The van der Waals surface area contributed by atoms with Gasteiger partial charge in [0, 0.05) is 16.7 Å². The summed E-state index contributed by atoms with van der Waals surface area (Å²) in [5.41, 5.74) is 0.973. The smallest absolute Gasteiger partial charge is 0.232 e. The molecule has 2 aromatic carbocycles. The van der Waals surface area contributed by atoms with E-state index in [9.17, 15) is 4.79 Å². The Bertz CT molecular complexity index is 918. The molecular weight excluding hydrogens is 364 g/mol. The van der Waals surface area contributed by atoms with Gasteiger partial charge >= 0.3 is 0 Å². The molecule has 1 aromatic heterocycles. The normalized spacial score (nSPS) is 14.6. The minimum Gasteiger partial charge on any atom is -0.492 e. The van der Waals surface area contributed by atoms with Gasteiger partial charge in [-0.3, -0.25) is 4.79 Å². The van der Waals surface area contributed by atoms with Crippen LogP contribution in [0, 0.1) is 0 Å². The second-order valence-corrected chi connectivity index (χ2v) is 7.02. The average Bonchev–Trinajstić information content (AvgIpc) is 3.37. The van der Waals surface area contributed by atoms with Crippen LogP contribution in [0.25, 0.3) is 11.3 Å². The lowest BCUT2D eigenvalue weighted by molar-refractivity contribution is -0.123. The van der Waals surface area contributed by atoms with Crippen molar-refractivity contribution in [1.29, 1.82) is 0 Å². The van der Waals surface area contributed by atoms with Crippen LogP contribution < -0.4 is 10.1 Å². The zero-order chi connectivity index (χ0) is 18.7. The number of amides is 1. The number of benzene rings is 2. The Morgan fingerprint density at radius 3 is 2.59 bits per heavy atom. The molecule has 6 heteroatoms. The molecule has 1 fully saturated rings. The standard InChI is InChI=1S/C21H19ClN2O3/c22-16-8-6-15(7-9-16)18-14-19(24-27-18)21(10-11-21)20(25)23-12-13-26-17-4-2-1-3-5-17/h1-9,14H,10-13H2,(H,23,25). The topological polar surface area (TPSA) is 64.4 Å². The Kier molecular flexibility index (Phi) is 4.86. The molecule has 0 atom stereocenters. The molecule has 0 aliphatic heterocycles. The van der Waals surface area contributed by atoms with Crippen LogP contribution in [0.15, 0.2) is 65.2 Å². The molecule has 1 saturated carbocycles. The van der Waals surface area contributed by atoms with E-state index in [0.29, 0.717) is 29.6 Å². The molecule has 1 heterocycles. The second-order valence-electron chi connectivity index (χ2n) is 6.58. The number of rotatable bonds is 7. The molecule has 27 heavy (non-hydrogen) atoms. The Morgan fingerprint density at radius 2 is 1.89 bits per heavy atom. The van der Waals surface area contributed by atoms with E-state index in [4.69, 9.17) is 20.9 Å². The first-order valence-corrected chi connectivity index (χ1v) is 9.24. The van der Waals surface area contributed by atoms with Crippen LogP contribution in [-0.4, -0.2) is 24.2 Å². The largest absolute Gasteiger partial charge is 0.492 e. The van der Waals surface area contributed by atoms with Crippen molar-refractivity contribution in [2.45, 2.75) is 18.3 Å².